The van der Waals surface area contributed by atoms with Gasteiger partial charge in [-0.1, -0.05) is 30.3 Å². The number of hydrogen-bond donors (Lipinski definition) is 1. The Morgan fingerprint density at radius 2 is 2.03 bits per heavy atom. The number of ether oxygens (including phenoxy) is 1. The third kappa shape index (κ3) is 2.95. The van der Waals surface area contributed by atoms with Crippen molar-refractivity contribution in [1.29, 1.82) is 0 Å². The minimum Gasteiger partial charge on any atom is -0.497 e. The molecular weight excluding hydrogens is 362 g/mol. The molecule has 0 fully saturated rings. The molecule has 0 saturated heterocycles. The molecule has 0 saturated carbocycles. The molecule has 0 unspecified atom stereocenters. The third-order valence-corrected chi connectivity index (χ3v) is 5.61. The van der Waals surface area contributed by atoms with Gasteiger partial charge in [-0.2, -0.15) is 0 Å². The van der Waals surface area contributed by atoms with E-state index in [9.17, 15) is 4.79 Å². The fourth-order valence-corrected chi connectivity index (χ4v) is 4.27. The van der Waals surface area contributed by atoms with E-state index in [4.69, 9.17) is 4.74 Å². The van der Waals surface area contributed by atoms with Gasteiger partial charge in [-0.05, 0) is 47.9 Å². The highest BCUT2D eigenvalue weighted by molar-refractivity contribution is 5.96. The van der Waals surface area contributed by atoms with Crippen molar-refractivity contribution >= 4 is 16.8 Å². The summed E-state index contributed by atoms with van der Waals surface area (Å²) >= 11 is 0. The standard InChI is InChI=1S/C24H21N3O2/c1-29-18-8-4-6-16(14-18)24(28)27-13-11-20-19-9-2-3-10-21(19)26-22(20)23(27)17-7-5-12-25-15-17/h2-10,12,14-15,23,26H,11,13H2,1H3/t23-/m0/s1. The second kappa shape index (κ2) is 7.09. The summed E-state index contributed by atoms with van der Waals surface area (Å²) in [6.07, 6.45) is 4.41. The number of aromatic amines is 1. The van der Waals surface area contributed by atoms with Crippen LogP contribution in [0.25, 0.3) is 10.9 Å². The van der Waals surface area contributed by atoms with Gasteiger partial charge < -0.3 is 14.6 Å². The minimum absolute atomic E-state index is 0.0120. The van der Waals surface area contributed by atoms with Crippen LogP contribution in [0.15, 0.2) is 73.1 Å². The zero-order valence-electron chi connectivity index (χ0n) is 16.1. The molecule has 1 aliphatic heterocycles. The molecule has 1 N–H and O–H groups in total. The first-order valence-corrected chi connectivity index (χ1v) is 9.70. The lowest BCUT2D eigenvalue weighted by atomic mass is 9.92. The van der Waals surface area contributed by atoms with Crippen molar-refractivity contribution in [2.45, 2.75) is 12.5 Å². The van der Waals surface area contributed by atoms with E-state index in [0.29, 0.717) is 17.9 Å². The van der Waals surface area contributed by atoms with E-state index in [1.165, 1.54) is 10.9 Å². The van der Waals surface area contributed by atoms with Crippen LogP contribution in [0.2, 0.25) is 0 Å². The quantitative estimate of drug-likeness (QED) is 0.572. The number of amides is 1. The fourth-order valence-electron chi connectivity index (χ4n) is 4.27. The summed E-state index contributed by atoms with van der Waals surface area (Å²) < 4.78 is 5.31. The SMILES string of the molecule is COc1cccc(C(=O)N2CCc3c([nH]c4ccccc34)[C@@H]2c2cccnc2)c1. The van der Waals surface area contributed by atoms with E-state index >= 15 is 0 Å². The Bertz CT molecular complexity index is 1180. The molecule has 2 aromatic carbocycles. The van der Waals surface area contributed by atoms with Crippen molar-refractivity contribution in [3.63, 3.8) is 0 Å². The number of carbonyl (C=O) groups is 1. The minimum atomic E-state index is -0.210. The van der Waals surface area contributed by atoms with Crippen LogP contribution in [0.5, 0.6) is 5.75 Å². The molecule has 0 aliphatic carbocycles. The highest BCUT2D eigenvalue weighted by Crippen LogP contribution is 2.38. The van der Waals surface area contributed by atoms with E-state index in [2.05, 4.69) is 28.2 Å². The van der Waals surface area contributed by atoms with E-state index in [0.717, 1.165) is 23.2 Å². The van der Waals surface area contributed by atoms with Crippen molar-refractivity contribution < 1.29 is 9.53 Å². The Morgan fingerprint density at radius 3 is 2.86 bits per heavy atom. The van der Waals surface area contributed by atoms with Crippen LogP contribution >= 0.6 is 0 Å². The number of aromatic nitrogens is 2. The zero-order valence-corrected chi connectivity index (χ0v) is 16.1. The van der Waals surface area contributed by atoms with Crippen LogP contribution in [0.3, 0.4) is 0 Å². The molecule has 1 aliphatic rings. The van der Waals surface area contributed by atoms with Crippen molar-refractivity contribution in [3.05, 3.63) is 95.4 Å². The van der Waals surface area contributed by atoms with Crippen molar-refractivity contribution in [2.75, 3.05) is 13.7 Å². The van der Waals surface area contributed by atoms with E-state index in [1.54, 1.807) is 19.4 Å². The lowest BCUT2D eigenvalue weighted by molar-refractivity contribution is 0.0691. The number of rotatable bonds is 3. The number of hydrogen-bond acceptors (Lipinski definition) is 3. The Balaban J connectivity index is 1.64. The highest BCUT2D eigenvalue weighted by atomic mass is 16.5. The van der Waals surface area contributed by atoms with Gasteiger partial charge in [0.1, 0.15) is 5.75 Å². The van der Waals surface area contributed by atoms with Crippen LogP contribution in [-0.2, 0) is 6.42 Å². The summed E-state index contributed by atoms with van der Waals surface area (Å²) in [4.78, 5) is 23.3. The van der Waals surface area contributed by atoms with Gasteiger partial charge in [-0.15, -0.1) is 0 Å². The van der Waals surface area contributed by atoms with Gasteiger partial charge in [0.2, 0.25) is 0 Å². The van der Waals surface area contributed by atoms with E-state index in [1.807, 2.05) is 47.5 Å². The monoisotopic (exact) mass is 383 g/mol. The second-order valence-electron chi connectivity index (χ2n) is 7.23. The van der Waals surface area contributed by atoms with Crippen molar-refractivity contribution in [3.8, 4) is 5.75 Å². The molecule has 1 amide bonds. The largest absolute Gasteiger partial charge is 0.497 e. The predicted octanol–water partition coefficient (Wildman–Crippen LogP) is 4.36. The summed E-state index contributed by atoms with van der Waals surface area (Å²) in [7, 11) is 1.61. The number of pyridine rings is 1. The van der Waals surface area contributed by atoms with Gasteiger partial charge in [-0.3, -0.25) is 9.78 Å². The van der Waals surface area contributed by atoms with Gasteiger partial charge in [-0.25, -0.2) is 0 Å². The first kappa shape index (κ1) is 17.5. The number of nitrogens with zero attached hydrogens (tertiary/aromatic N) is 2. The molecular formula is C24H21N3O2. The number of methoxy groups -OCH3 is 1. The lowest BCUT2D eigenvalue weighted by Crippen LogP contribution is -2.40. The summed E-state index contributed by atoms with van der Waals surface area (Å²) in [6.45, 7) is 0.643. The van der Waals surface area contributed by atoms with Crippen LogP contribution in [0, 0.1) is 0 Å². The van der Waals surface area contributed by atoms with Gasteiger partial charge in [0.05, 0.1) is 13.2 Å². The van der Waals surface area contributed by atoms with Gasteiger partial charge in [0, 0.05) is 41.1 Å². The molecule has 144 valence electrons. The van der Waals surface area contributed by atoms with Crippen molar-refractivity contribution in [2.24, 2.45) is 0 Å². The number of benzene rings is 2. The third-order valence-electron chi connectivity index (χ3n) is 5.61. The molecule has 2 aromatic heterocycles. The van der Waals surface area contributed by atoms with E-state index < -0.39 is 0 Å². The maximum Gasteiger partial charge on any atom is 0.254 e. The predicted molar refractivity (Wildman–Crippen MR) is 112 cm³/mol. The number of H-pyrrole nitrogens is 1. The molecule has 5 rings (SSSR count). The summed E-state index contributed by atoms with van der Waals surface area (Å²) in [5.41, 5.74) is 5.07. The maximum absolute atomic E-state index is 13.5. The molecule has 4 aromatic rings. The molecule has 3 heterocycles. The first-order valence-electron chi connectivity index (χ1n) is 9.70. The average molecular weight is 383 g/mol. The Hall–Kier alpha value is -3.60. The Kier molecular flexibility index (Phi) is 4.28. The van der Waals surface area contributed by atoms with E-state index in [-0.39, 0.29) is 11.9 Å². The molecule has 0 radical (unpaired) electrons. The number of nitrogens with one attached hydrogen (secondary N) is 1. The molecule has 5 nitrogen and oxygen atoms in total. The van der Waals surface area contributed by atoms with Crippen molar-refractivity contribution in [1.82, 2.24) is 14.9 Å². The Labute approximate surface area is 169 Å². The van der Waals surface area contributed by atoms with Crippen LogP contribution in [0.4, 0.5) is 0 Å². The zero-order chi connectivity index (χ0) is 19.8. The number of para-hydroxylation sites is 1. The molecule has 0 spiro atoms. The molecule has 0 bridgehead atoms. The maximum atomic E-state index is 13.5. The number of carbonyl (C=O) groups excluding carboxylic acids is 1. The van der Waals surface area contributed by atoms with Gasteiger partial charge in [0.25, 0.3) is 5.91 Å². The summed E-state index contributed by atoms with van der Waals surface area (Å²) in [6, 6.07) is 19.4. The van der Waals surface area contributed by atoms with Gasteiger partial charge in [0.15, 0.2) is 0 Å². The van der Waals surface area contributed by atoms with Crippen LogP contribution < -0.4 is 4.74 Å². The first-order chi connectivity index (χ1) is 14.3. The Morgan fingerprint density at radius 1 is 1.14 bits per heavy atom. The fraction of sp³-hybridized carbons (Fsp3) is 0.167. The average Bonchev–Trinajstić information content (AvgIpc) is 3.17. The summed E-state index contributed by atoms with van der Waals surface area (Å²) in [5, 5.41) is 1.23. The molecule has 5 heteroatoms. The van der Waals surface area contributed by atoms with Gasteiger partial charge >= 0.3 is 0 Å². The number of fused-ring (bicyclic) bond motifs is 3. The molecule has 29 heavy (non-hydrogen) atoms. The normalized spacial score (nSPS) is 15.9. The van der Waals surface area contributed by atoms with Crippen LogP contribution in [0.1, 0.15) is 33.2 Å². The topological polar surface area (TPSA) is 58.2 Å². The lowest BCUT2D eigenvalue weighted by Gasteiger charge is -2.36. The molecule has 1 atom stereocenters. The highest BCUT2D eigenvalue weighted by Gasteiger charge is 2.35. The summed E-state index contributed by atoms with van der Waals surface area (Å²) in [5.74, 6) is 0.666. The second-order valence-corrected chi connectivity index (χ2v) is 7.23. The smallest absolute Gasteiger partial charge is 0.254 e. The van der Waals surface area contributed by atoms with Crippen LogP contribution in [-0.4, -0.2) is 34.4 Å².